The van der Waals surface area contributed by atoms with E-state index in [1.165, 1.54) is 0 Å². The van der Waals surface area contributed by atoms with Crippen molar-refractivity contribution in [3.63, 3.8) is 0 Å². The van der Waals surface area contributed by atoms with Gasteiger partial charge in [-0.2, -0.15) is 0 Å². The highest BCUT2D eigenvalue weighted by Gasteiger charge is 2.04. The number of aryl methyl sites for hydroxylation is 1. The lowest BCUT2D eigenvalue weighted by Crippen LogP contribution is -2.02. The highest BCUT2D eigenvalue weighted by Crippen LogP contribution is 2.22. The Balaban J connectivity index is 1.44. The van der Waals surface area contributed by atoms with Gasteiger partial charge in [0.05, 0.1) is 23.1 Å². The fourth-order valence-corrected chi connectivity index (χ4v) is 2.72. The fraction of sp³-hybridized carbons (Fsp3) is 0.0952. The molecule has 4 rings (SSSR count). The van der Waals surface area contributed by atoms with E-state index in [1.807, 2.05) is 49.4 Å². The number of nitrogens with zero attached hydrogens (tertiary/aromatic N) is 3. The van der Waals surface area contributed by atoms with Crippen molar-refractivity contribution < 1.29 is 4.74 Å². The van der Waals surface area contributed by atoms with Crippen LogP contribution in [-0.2, 0) is 6.54 Å². The molecule has 5 heteroatoms. The summed E-state index contributed by atoms with van der Waals surface area (Å²) >= 11 is 0. The molecule has 0 spiro atoms. The molecular formula is C21H18N4O. The summed E-state index contributed by atoms with van der Waals surface area (Å²) in [5, 5.41) is 4.60. The van der Waals surface area contributed by atoms with Crippen molar-refractivity contribution in [2.24, 2.45) is 0 Å². The molecule has 0 saturated heterocycles. The van der Waals surface area contributed by atoms with Crippen molar-refractivity contribution in [3.05, 3.63) is 84.4 Å². The van der Waals surface area contributed by atoms with Crippen LogP contribution in [0.15, 0.2) is 73.2 Å². The minimum absolute atomic E-state index is 0.483. The maximum Gasteiger partial charge on any atom is 0.237 e. The Labute approximate surface area is 151 Å². The zero-order chi connectivity index (χ0) is 17.8. The van der Waals surface area contributed by atoms with Gasteiger partial charge in [0.1, 0.15) is 5.75 Å². The van der Waals surface area contributed by atoms with Gasteiger partial charge in [-0.25, -0.2) is 4.98 Å². The summed E-state index contributed by atoms with van der Waals surface area (Å²) in [6.07, 6.45) is 4.81. The van der Waals surface area contributed by atoms with Gasteiger partial charge in [0.2, 0.25) is 5.88 Å². The lowest BCUT2D eigenvalue weighted by molar-refractivity contribution is 0.460. The Morgan fingerprint density at radius 2 is 1.85 bits per heavy atom. The topological polar surface area (TPSA) is 59.9 Å². The average molecular weight is 342 g/mol. The number of fused-ring (bicyclic) bond motifs is 1. The third kappa shape index (κ3) is 3.62. The summed E-state index contributed by atoms with van der Waals surface area (Å²) in [6.45, 7) is 2.74. The molecule has 2 heterocycles. The van der Waals surface area contributed by atoms with Crippen LogP contribution in [-0.4, -0.2) is 15.0 Å². The largest absolute Gasteiger partial charge is 0.438 e. The van der Waals surface area contributed by atoms with E-state index in [0.29, 0.717) is 12.4 Å². The normalized spacial score (nSPS) is 10.7. The Hall–Kier alpha value is -3.47. The van der Waals surface area contributed by atoms with Gasteiger partial charge in [0, 0.05) is 24.3 Å². The van der Waals surface area contributed by atoms with Gasteiger partial charge in [-0.15, -0.1) is 0 Å². The number of nitrogens with one attached hydrogen (secondary N) is 1. The minimum atomic E-state index is 0.483. The summed E-state index contributed by atoms with van der Waals surface area (Å²) in [4.78, 5) is 12.7. The maximum absolute atomic E-state index is 5.66. The number of aromatic nitrogens is 3. The predicted molar refractivity (Wildman–Crippen MR) is 102 cm³/mol. The number of para-hydroxylation sites is 1. The molecule has 128 valence electrons. The lowest BCUT2D eigenvalue weighted by Gasteiger charge is -2.11. The average Bonchev–Trinajstić information content (AvgIpc) is 2.68. The first kappa shape index (κ1) is 16.0. The molecule has 0 unspecified atom stereocenters. The highest BCUT2D eigenvalue weighted by molar-refractivity contribution is 5.82. The molecule has 1 N–H and O–H groups in total. The number of pyridine rings is 1. The van der Waals surface area contributed by atoms with Crippen molar-refractivity contribution in [1.29, 1.82) is 0 Å². The van der Waals surface area contributed by atoms with Gasteiger partial charge >= 0.3 is 0 Å². The molecule has 2 aromatic heterocycles. The molecule has 0 aliphatic heterocycles. The Morgan fingerprint density at radius 1 is 1.00 bits per heavy atom. The number of benzene rings is 2. The van der Waals surface area contributed by atoms with Crippen LogP contribution >= 0.6 is 0 Å². The SMILES string of the molecule is Cc1nc2ccccc2cc1NCc1ccc(Oc2cnccn2)cc1. The van der Waals surface area contributed by atoms with Gasteiger partial charge in [0.15, 0.2) is 0 Å². The van der Waals surface area contributed by atoms with Crippen LogP contribution in [0.25, 0.3) is 10.9 Å². The molecule has 0 aliphatic carbocycles. The standard InChI is InChI=1S/C21H18N4O/c1-15-20(12-17-4-2-3-5-19(17)25-15)24-13-16-6-8-18(9-7-16)26-21-14-22-10-11-23-21/h2-12,14,24H,13H2,1H3. The summed E-state index contributed by atoms with van der Waals surface area (Å²) in [7, 11) is 0. The Morgan fingerprint density at radius 3 is 2.65 bits per heavy atom. The molecule has 2 aromatic carbocycles. The van der Waals surface area contributed by atoms with E-state index >= 15 is 0 Å². The van der Waals surface area contributed by atoms with E-state index in [9.17, 15) is 0 Å². The lowest BCUT2D eigenvalue weighted by atomic mass is 10.1. The van der Waals surface area contributed by atoms with E-state index in [-0.39, 0.29) is 0 Å². The van der Waals surface area contributed by atoms with Crippen molar-refractivity contribution in [1.82, 2.24) is 15.0 Å². The van der Waals surface area contributed by atoms with Gasteiger partial charge in [-0.05, 0) is 36.8 Å². The van der Waals surface area contributed by atoms with E-state index in [1.54, 1.807) is 18.6 Å². The van der Waals surface area contributed by atoms with Gasteiger partial charge < -0.3 is 10.1 Å². The molecule has 0 radical (unpaired) electrons. The van der Waals surface area contributed by atoms with Gasteiger partial charge in [0.25, 0.3) is 0 Å². The molecule has 4 aromatic rings. The first-order valence-corrected chi connectivity index (χ1v) is 8.41. The number of ether oxygens (including phenoxy) is 1. The molecule has 0 fully saturated rings. The molecule has 26 heavy (non-hydrogen) atoms. The van der Waals surface area contributed by atoms with Crippen LogP contribution in [0.2, 0.25) is 0 Å². The van der Waals surface area contributed by atoms with Crippen LogP contribution < -0.4 is 10.1 Å². The third-order valence-corrected chi connectivity index (χ3v) is 4.08. The van der Waals surface area contributed by atoms with Crippen LogP contribution in [0.5, 0.6) is 11.6 Å². The summed E-state index contributed by atoms with van der Waals surface area (Å²) in [5.74, 6) is 1.22. The predicted octanol–water partition coefficient (Wildman–Crippen LogP) is 4.74. The van der Waals surface area contributed by atoms with Gasteiger partial charge in [-0.1, -0.05) is 30.3 Å². The second kappa shape index (κ2) is 7.19. The molecule has 0 aliphatic rings. The minimum Gasteiger partial charge on any atom is -0.438 e. The monoisotopic (exact) mass is 342 g/mol. The number of anilines is 1. The molecule has 5 nitrogen and oxygen atoms in total. The highest BCUT2D eigenvalue weighted by atomic mass is 16.5. The van der Waals surface area contributed by atoms with E-state index in [0.717, 1.165) is 33.6 Å². The van der Waals surface area contributed by atoms with Crippen LogP contribution in [0.1, 0.15) is 11.3 Å². The van der Waals surface area contributed by atoms with Crippen LogP contribution in [0.3, 0.4) is 0 Å². The van der Waals surface area contributed by atoms with Crippen molar-refractivity contribution in [3.8, 4) is 11.6 Å². The first-order chi connectivity index (χ1) is 12.8. The van der Waals surface area contributed by atoms with E-state index < -0.39 is 0 Å². The molecule has 0 saturated carbocycles. The fourth-order valence-electron chi connectivity index (χ4n) is 2.72. The van der Waals surface area contributed by atoms with Crippen LogP contribution in [0, 0.1) is 6.92 Å². The molecule has 0 amide bonds. The van der Waals surface area contributed by atoms with Crippen molar-refractivity contribution in [2.75, 3.05) is 5.32 Å². The molecular weight excluding hydrogens is 324 g/mol. The van der Waals surface area contributed by atoms with E-state index in [4.69, 9.17) is 4.74 Å². The number of hydrogen-bond acceptors (Lipinski definition) is 5. The van der Waals surface area contributed by atoms with E-state index in [2.05, 4.69) is 32.4 Å². The summed E-state index contributed by atoms with van der Waals surface area (Å²) in [5.41, 5.74) is 4.21. The molecule has 0 atom stereocenters. The number of hydrogen-bond donors (Lipinski definition) is 1. The Bertz CT molecular complexity index is 1020. The zero-order valence-corrected chi connectivity index (χ0v) is 14.4. The Kier molecular flexibility index (Phi) is 4.43. The summed E-state index contributed by atoms with van der Waals surface area (Å²) < 4.78 is 5.66. The van der Waals surface area contributed by atoms with Crippen molar-refractivity contribution >= 4 is 16.6 Å². The zero-order valence-electron chi connectivity index (χ0n) is 14.4. The smallest absolute Gasteiger partial charge is 0.237 e. The molecule has 0 bridgehead atoms. The number of rotatable bonds is 5. The van der Waals surface area contributed by atoms with Gasteiger partial charge in [-0.3, -0.25) is 9.97 Å². The second-order valence-electron chi connectivity index (χ2n) is 5.96. The summed E-state index contributed by atoms with van der Waals surface area (Å²) in [6, 6.07) is 18.2. The first-order valence-electron chi connectivity index (χ1n) is 8.41. The van der Waals surface area contributed by atoms with Crippen LogP contribution in [0.4, 0.5) is 5.69 Å². The maximum atomic E-state index is 5.66. The quantitative estimate of drug-likeness (QED) is 0.568. The third-order valence-electron chi connectivity index (χ3n) is 4.08. The van der Waals surface area contributed by atoms with Crippen molar-refractivity contribution in [2.45, 2.75) is 13.5 Å². The second-order valence-corrected chi connectivity index (χ2v) is 5.96.